The van der Waals surface area contributed by atoms with E-state index >= 15 is 0 Å². The molecule has 4 nitrogen and oxygen atoms in total. The fourth-order valence-corrected chi connectivity index (χ4v) is 3.70. The van der Waals surface area contributed by atoms with Gasteiger partial charge in [0.05, 0.1) is 0 Å². The number of para-hydroxylation sites is 1. The van der Waals surface area contributed by atoms with Crippen LogP contribution in [0.4, 0.5) is 16.2 Å². The molecule has 2 aromatic rings. The number of carbonyl (C=O) groups excluding carboxylic acids is 1. The van der Waals surface area contributed by atoms with E-state index in [2.05, 4.69) is 55.3 Å². The molecule has 0 aliphatic carbocycles. The molecule has 0 spiro atoms. The van der Waals surface area contributed by atoms with Crippen LogP contribution in [0.25, 0.3) is 0 Å². The molecule has 2 aromatic carbocycles. The van der Waals surface area contributed by atoms with Crippen molar-refractivity contribution in [3.63, 3.8) is 0 Å². The fraction of sp³-hybridized carbons (Fsp3) is 0.409. The van der Waals surface area contributed by atoms with Gasteiger partial charge in [-0.3, -0.25) is 0 Å². The topological polar surface area (TPSA) is 35.6 Å². The molecule has 3 rings (SSSR count). The summed E-state index contributed by atoms with van der Waals surface area (Å²) in [7, 11) is 0. The summed E-state index contributed by atoms with van der Waals surface area (Å²) in [5.74, 6) is 0. The van der Waals surface area contributed by atoms with Crippen LogP contribution in [0, 0.1) is 20.8 Å². The number of hydrogen-bond donors (Lipinski definition) is 1. The molecule has 0 bridgehead atoms. The average molecular weight is 351 g/mol. The molecule has 138 valence electrons. The highest BCUT2D eigenvalue weighted by Crippen LogP contribution is 2.24. The quantitative estimate of drug-likeness (QED) is 0.882. The molecule has 2 amide bonds. The van der Waals surface area contributed by atoms with Gasteiger partial charge in [0.15, 0.2) is 0 Å². The molecular formula is C22H29N3O. The molecule has 1 saturated heterocycles. The van der Waals surface area contributed by atoms with Gasteiger partial charge >= 0.3 is 6.03 Å². The number of piperazine rings is 1. The fourth-order valence-electron chi connectivity index (χ4n) is 3.70. The van der Waals surface area contributed by atoms with Crippen molar-refractivity contribution in [2.24, 2.45) is 0 Å². The van der Waals surface area contributed by atoms with Crippen molar-refractivity contribution >= 4 is 17.4 Å². The largest absolute Gasteiger partial charge is 0.368 e. The van der Waals surface area contributed by atoms with Gasteiger partial charge in [0.25, 0.3) is 0 Å². The summed E-state index contributed by atoms with van der Waals surface area (Å²) in [6.07, 6.45) is 0.914. The van der Waals surface area contributed by atoms with E-state index < -0.39 is 0 Å². The number of benzene rings is 2. The maximum Gasteiger partial charge on any atom is 0.321 e. The summed E-state index contributed by atoms with van der Waals surface area (Å²) in [5.41, 5.74) is 7.14. The molecular weight excluding hydrogens is 322 g/mol. The van der Waals surface area contributed by atoms with E-state index in [4.69, 9.17) is 0 Å². The minimum absolute atomic E-state index is 0.00859. The number of nitrogens with one attached hydrogen (secondary N) is 1. The number of carbonyl (C=O) groups is 1. The molecule has 0 unspecified atom stereocenters. The van der Waals surface area contributed by atoms with E-state index in [0.29, 0.717) is 0 Å². The SMILES string of the molecule is CCc1cccc(C)c1NC(=O)N1CCN(c2ccc(C)cc2C)CC1. The van der Waals surface area contributed by atoms with Crippen molar-refractivity contribution in [1.29, 1.82) is 0 Å². The van der Waals surface area contributed by atoms with Crippen LogP contribution >= 0.6 is 0 Å². The molecule has 1 heterocycles. The van der Waals surface area contributed by atoms with Gasteiger partial charge in [0, 0.05) is 37.6 Å². The zero-order chi connectivity index (χ0) is 18.7. The van der Waals surface area contributed by atoms with Gasteiger partial charge in [-0.05, 0) is 49.9 Å². The van der Waals surface area contributed by atoms with Crippen molar-refractivity contribution in [1.82, 2.24) is 4.90 Å². The number of anilines is 2. The van der Waals surface area contributed by atoms with Crippen LogP contribution in [-0.4, -0.2) is 37.1 Å². The average Bonchev–Trinajstić information content (AvgIpc) is 2.63. The first-order valence-corrected chi connectivity index (χ1v) is 9.46. The van der Waals surface area contributed by atoms with Crippen molar-refractivity contribution in [2.45, 2.75) is 34.1 Å². The number of nitrogens with zero attached hydrogens (tertiary/aromatic N) is 2. The predicted octanol–water partition coefficient (Wildman–Crippen LogP) is 4.53. The van der Waals surface area contributed by atoms with Gasteiger partial charge in [0.1, 0.15) is 0 Å². The summed E-state index contributed by atoms with van der Waals surface area (Å²) < 4.78 is 0. The van der Waals surface area contributed by atoms with Crippen molar-refractivity contribution in [2.75, 3.05) is 36.4 Å². The highest BCUT2D eigenvalue weighted by Gasteiger charge is 2.23. The first-order chi connectivity index (χ1) is 12.5. The van der Waals surface area contributed by atoms with Crippen molar-refractivity contribution in [3.05, 3.63) is 58.7 Å². The summed E-state index contributed by atoms with van der Waals surface area (Å²) in [6.45, 7) is 11.7. The Morgan fingerprint density at radius 3 is 2.38 bits per heavy atom. The normalized spacial score (nSPS) is 14.5. The molecule has 1 aliphatic rings. The lowest BCUT2D eigenvalue weighted by molar-refractivity contribution is 0.208. The lowest BCUT2D eigenvalue weighted by Gasteiger charge is -2.37. The second kappa shape index (κ2) is 7.81. The zero-order valence-electron chi connectivity index (χ0n) is 16.3. The maximum absolute atomic E-state index is 12.7. The summed E-state index contributed by atoms with van der Waals surface area (Å²) in [5, 5.41) is 3.14. The standard InChI is InChI=1S/C22H29N3O/c1-5-19-8-6-7-17(3)21(19)23-22(26)25-13-11-24(12-14-25)20-10-9-16(2)15-18(20)4/h6-10,15H,5,11-14H2,1-4H3,(H,23,26). The van der Waals surface area contributed by atoms with Crippen molar-refractivity contribution < 1.29 is 4.79 Å². The van der Waals surface area contributed by atoms with Gasteiger partial charge in [-0.2, -0.15) is 0 Å². The van der Waals surface area contributed by atoms with Gasteiger partial charge in [-0.1, -0.05) is 42.8 Å². The minimum Gasteiger partial charge on any atom is -0.368 e. The zero-order valence-corrected chi connectivity index (χ0v) is 16.3. The van der Waals surface area contributed by atoms with Gasteiger partial charge in [-0.15, -0.1) is 0 Å². The minimum atomic E-state index is 0.00859. The van der Waals surface area contributed by atoms with E-state index in [1.165, 1.54) is 22.4 Å². The van der Waals surface area contributed by atoms with E-state index in [1.807, 2.05) is 24.0 Å². The predicted molar refractivity (Wildman–Crippen MR) is 109 cm³/mol. The maximum atomic E-state index is 12.7. The third-order valence-corrected chi connectivity index (χ3v) is 5.23. The molecule has 0 atom stereocenters. The Morgan fingerprint density at radius 2 is 1.73 bits per heavy atom. The summed E-state index contributed by atoms with van der Waals surface area (Å²) in [4.78, 5) is 17.0. The molecule has 1 N–H and O–H groups in total. The van der Waals surface area contributed by atoms with Gasteiger partial charge < -0.3 is 15.1 Å². The van der Waals surface area contributed by atoms with Crippen LogP contribution in [0.2, 0.25) is 0 Å². The number of amides is 2. The Morgan fingerprint density at radius 1 is 1.00 bits per heavy atom. The van der Waals surface area contributed by atoms with Gasteiger partial charge in [0.2, 0.25) is 0 Å². The van der Waals surface area contributed by atoms with E-state index in [0.717, 1.165) is 43.9 Å². The Hall–Kier alpha value is -2.49. The first-order valence-electron chi connectivity index (χ1n) is 9.46. The second-order valence-electron chi connectivity index (χ2n) is 7.16. The third-order valence-electron chi connectivity index (χ3n) is 5.23. The van der Waals surface area contributed by atoms with Crippen LogP contribution < -0.4 is 10.2 Å². The Labute approximate surface area is 156 Å². The first kappa shape index (κ1) is 18.3. The monoisotopic (exact) mass is 351 g/mol. The van der Waals surface area contributed by atoms with Crippen LogP contribution in [0.5, 0.6) is 0 Å². The lowest BCUT2D eigenvalue weighted by Crippen LogP contribution is -2.50. The second-order valence-corrected chi connectivity index (χ2v) is 7.16. The Balaban J connectivity index is 1.64. The molecule has 0 saturated carbocycles. The Bertz CT molecular complexity index is 792. The van der Waals surface area contributed by atoms with Crippen LogP contribution in [-0.2, 0) is 6.42 Å². The van der Waals surface area contributed by atoms with Crippen LogP contribution in [0.3, 0.4) is 0 Å². The van der Waals surface area contributed by atoms with Crippen LogP contribution in [0.15, 0.2) is 36.4 Å². The molecule has 4 heteroatoms. The van der Waals surface area contributed by atoms with E-state index in [9.17, 15) is 4.79 Å². The lowest BCUT2D eigenvalue weighted by atomic mass is 10.1. The Kier molecular flexibility index (Phi) is 5.50. The molecule has 26 heavy (non-hydrogen) atoms. The highest BCUT2D eigenvalue weighted by atomic mass is 16.2. The number of aryl methyl sites for hydroxylation is 4. The molecule has 1 aliphatic heterocycles. The van der Waals surface area contributed by atoms with E-state index in [1.54, 1.807) is 0 Å². The summed E-state index contributed by atoms with van der Waals surface area (Å²) in [6, 6.07) is 12.8. The van der Waals surface area contributed by atoms with Gasteiger partial charge in [-0.25, -0.2) is 4.79 Å². The number of urea groups is 1. The molecule has 1 fully saturated rings. The highest BCUT2D eigenvalue weighted by molar-refractivity contribution is 5.91. The van der Waals surface area contributed by atoms with E-state index in [-0.39, 0.29) is 6.03 Å². The van der Waals surface area contributed by atoms with Crippen LogP contribution in [0.1, 0.15) is 29.2 Å². The molecule has 0 radical (unpaired) electrons. The molecule has 0 aromatic heterocycles. The van der Waals surface area contributed by atoms with Crippen molar-refractivity contribution in [3.8, 4) is 0 Å². The number of hydrogen-bond acceptors (Lipinski definition) is 2. The summed E-state index contributed by atoms with van der Waals surface area (Å²) >= 11 is 0. The smallest absolute Gasteiger partial charge is 0.321 e. The number of rotatable bonds is 3. The third kappa shape index (κ3) is 3.85.